The van der Waals surface area contributed by atoms with Crippen molar-refractivity contribution >= 4 is 17.8 Å². The average molecular weight is 410 g/mol. The second kappa shape index (κ2) is 9.21. The molecule has 1 aromatic carbocycles. The van der Waals surface area contributed by atoms with E-state index in [2.05, 4.69) is 15.2 Å². The van der Waals surface area contributed by atoms with Crippen LogP contribution in [-0.4, -0.2) is 61.3 Å². The highest BCUT2D eigenvalue weighted by Crippen LogP contribution is 2.27. The number of rotatable bonds is 5. The van der Waals surface area contributed by atoms with Gasteiger partial charge in [-0.2, -0.15) is 0 Å². The van der Waals surface area contributed by atoms with Gasteiger partial charge < -0.3 is 19.7 Å². The Kier molecular flexibility index (Phi) is 6.23. The highest BCUT2D eigenvalue weighted by molar-refractivity contribution is 5.98. The summed E-state index contributed by atoms with van der Waals surface area (Å²) in [6, 6.07) is 8.53. The molecule has 8 heteroatoms. The number of methoxy groups -OCH3 is 1. The van der Waals surface area contributed by atoms with Gasteiger partial charge in [0.05, 0.1) is 12.7 Å². The Morgan fingerprint density at radius 1 is 1.17 bits per heavy atom. The molecular formula is C22H26N4O4. The molecule has 2 aliphatic heterocycles. The molecule has 1 atom stereocenters. The number of carbonyl (C=O) groups is 2. The SMILES string of the molecule is COC(=O)c1cccc(C(=O)NC2CCN(c3nccc(C4CCOCC4)n3)C2)c1. The highest BCUT2D eigenvalue weighted by Gasteiger charge is 2.27. The number of amides is 1. The molecule has 158 valence electrons. The fourth-order valence-electron chi connectivity index (χ4n) is 3.97. The number of aromatic nitrogens is 2. The molecule has 1 N–H and O–H groups in total. The van der Waals surface area contributed by atoms with E-state index < -0.39 is 5.97 Å². The third-order valence-corrected chi connectivity index (χ3v) is 5.66. The standard InChI is InChI=1S/C22H26N4O4/c1-29-21(28)17-4-2-3-16(13-17)20(27)24-18-6-10-26(14-18)22-23-9-5-19(25-22)15-7-11-30-12-8-15/h2-5,9,13,15,18H,6-8,10-12,14H2,1H3,(H,24,27). The van der Waals surface area contributed by atoms with Crippen LogP contribution in [0.5, 0.6) is 0 Å². The van der Waals surface area contributed by atoms with Crippen molar-refractivity contribution in [3.8, 4) is 0 Å². The summed E-state index contributed by atoms with van der Waals surface area (Å²) in [6.45, 7) is 2.99. The van der Waals surface area contributed by atoms with Gasteiger partial charge in [-0.1, -0.05) is 6.07 Å². The maximum absolute atomic E-state index is 12.6. The molecule has 3 heterocycles. The van der Waals surface area contributed by atoms with Crippen LogP contribution in [0.2, 0.25) is 0 Å². The van der Waals surface area contributed by atoms with E-state index in [4.69, 9.17) is 14.5 Å². The summed E-state index contributed by atoms with van der Waals surface area (Å²) in [5.41, 5.74) is 1.86. The molecule has 0 radical (unpaired) electrons. The smallest absolute Gasteiger partial charge is 0.337 e. The molecule has 1 amide bonds. The van der Waals surface area contributed by atoms with Crippen LogP contribution in [0.25, 0.3) is 0 Å². The van der Waals surface area contributed by atoms with Crippen LogP contribution < -0.4 is 10.2 Å². The molecule has 2 saturated heterocycles. The molecule has 0 saturated carbocycles. The fraction of sp³-hybridized carbons (Fsp3) is 0.455. The van der Waals surface area contributed by atoms with E-state index in [0.717, 1.165) is 44.7 Å². The third-order valence-electron chi connectivity index (χ3n) is 5.66. The quantitative estimate of drug-likeness (QED) is 0.755. The van der Waals surface area contributed by atoms with Crippen molar-refractivity contribution in [2.24, 2.45) is 0 Å². The minimum atomic E-state index is -0.460. The van der Waals surface area contributed by atoms with Gasteiger partial charge in [-0.3, -0.25) is 4.79 Å². The van der Waals surface area contributed by atoms with Gasteiger partial charge in [0, 0.05) is 55.7 Å². The van der Waals surface area contributed by atoms with Gasteiger partial charge in [-0.15, -0.1) is 0 Å². The highest BCUT2D eigenvalue weighted by atomic mass is 16.5. The predicted molar refractivity (Wildman–Crippen MR) is 111 cm³/mol. The van der Waals surface area contributed by atoms with Crippen LogP contribution in [0, 0.1) is 0 Å². The normalized spacial score (nSPS) is 19.5. The second-order valence-corrected chi connectivity index (χ2v) is 7.65. The number of hydrogen-bond acceptors (Lipinski definition) is 7. The van der Waals surface area contributed by atoms with Crippen LogP contribution >= 0.6 is 0 Å². The Bertz CT molecular complexity index is 914. The molecule has 2 aliphatic rings. The van der Waals surface area contributed by atoms with E-state index in [-0.39, 0.29) is 11.9 Å². The summed E-state index contributed by atoms with van der Waals surface area (Å²) in [6.07, 6.45) is 4.60. The first kappa shape index (κ1) is 20.3. The number of esters is 1. The lowest BCUT2D eigenvalue weighted by molar-refractivity contribution is 0.0600. The summed E-state index contributed by atoms with van der Waals surface area (Å²) in [5.74, 6) is 0.465. The largest absolute Gasteiger partial charge is 0.465 e. The summed E-state index contributed by atoms with van der Waals surface area (Å²) >= 11 is 0. The number of carbonyl (C=O) groups excluding carboxylic acids is 2. The maximum atomic E-state index is 12.6. The molecule has 0 aliphatic carbocycles. The Hall–Kier alpha value is -3.00. The van der Waals surface area contributed by atoms with Gasteiger partial charge in [0.25, 0.3) is 5.91 Å². The van der Waals surface area contributed by atoms with E-state index in [0.29, 0.717) is 29.5 Å². The molecule has 8 nitrogen and oxygen atoms in total. The molecular weight excluding hydrogens is 384 g/mol. The first-order valence-electron chi connectivity index (χ1n) is 10.3. The lowest BCUT2D eigenvalue weighted by atomic mass is 9.96. The zero-order valence-corrected chi connectivity index (χ0v) is 17.0. The van der Waals surface area contributed by atoms with Gasteiger partial charge >= 0.3 is 5.97 Å². The number of hydrogen-bond donors (Lipinski definition) is 1. The zero-order valence-electron chi connectivity index (χ0n) is 17.0. The van der Waals surface area contributed by atoms with E-state index in [9.17, 15) is 9.59 Å². The molecule has 30 heavy (non-hydrogen) atoms. The summed E-state index contributed by atoms with van der Waals surface area (Å²) in [5, 5.41) is 3.05. The van der Waals surface area contributed by atoms with Crippen LogP contribution in [-0.2, 0) is 9.47 Å². The van der Waals surface area contributed by atoms with Crippen molar-refractivity contribution in [2.45, 2.75) is 31.2 Å². The van der Waals surface area contributed by atoms with E-state index >= 15 is 0 Å². The number of benzene rings is 1. The van der Waals surface area contributed by atoms with Gasteiger partial charge in [0.1, 0.15) is 0 Å². The number of nitrogens with one attached hydrogen (secondary N) is 1. The Labute approximate surface area is 175 Å². The monoisotopic (exact) mass is 410 g/mol. The molecule has 2 fully saturated rings. The van der Waals surface area contributed by atoms with Crippen LogP contribution in [0.15, 0.2) is 36.5 Å². The lowest BCUT2D eigenvalue weighted by Gasteiger charge is -2.23. The molecule has 2 aromatic rings. The van der Waals surface area contributed by atoms with Crippen molar-refractivity contribution in [3.05, 3.63) is 53.3 Å². The Morgan fingerprint density at radius 2 is 1.97 bits per heavy atom. The van der Waals surface area contributed by atoms with Gasteiger partial charge in [-0.25, -0.2) is 14.8 Å². The molecule has 4 rings (SSSR count). The number of nitrogens with zero attached hydrogens (tertiary/aromatic N) is 3. The van der Waals surface area contributed by atoms with Crippen LogP contribution in [0.3, 0.4) is 0 Å². The minimum absolute atomic E-state index is 0.00498. The zero-order chi connectivity index (χ0) is 20.9. The fourth-order valence-corrected chi connectivity index (χ4v) is 3.97. The first-order chi connectivity index (χ1) is 14.6. The van der Waals surface area contributed by atoms with Gasteiger partial charge in [0.15, 0.2) is 0 Å². The number of ether oxygens (including phenoxy) is 2. The lowest BCUT2D eigenvalue weighted by Crippen LogP contribution is -2.37. The van der Waals surface area contributed by atoms with Gasteiger partial charge in [0.2, 0.25) is 5.95 Å². The van der Waals surface area contributed by atoms with Crippen molar-refractivity contribution in [3.63, 3.8) is 0 Å². The van der Waals surface area contributed by atoms with Crippen molar-refractivity contribution < 1.29 is 19.1 Å². The van der Waals surface area contributed by atoms with Crippen LogP contribution in [0.1, 0.15) is 51.6 Å². The molecule has 1 unspecified atom stereocenters. The summed E-state index contributed by atoms with van der Waals surface area (Å²) in [7, 11) is 1.32. The van der Waals surface area contributed by atoms with Gasteiger partial charge in [-0.05, 0) is 43.5 Å². The topological polar surface area (TPSA) is 93.7 Å². The van der Waals surface area contributed by atoms with Crippen molar-refractivity contribution in [1.82, 2.24) is 15.3 Å². The average Bonchev–Trinajstić information content (AvgIpc) is 3.28. The van der Waals surface area contributed by atoms with E-state index in [1.54, 1.807) is 24.3 Å². The maximum Gasteiger partial charge on any atom is 0.337 e. The Balaban J connectivity index is 1.38. The molecule has 0 bridgehead atoms. The second-order valence-electron chi connectivity index (χ2n) is 7.65. The third kappa shape index (κ3) is 4.59. The Morgan fingerprint density at radius 3 is 2.77 bits per heavy atom. The van der Waals surface area contributed by atoms with Crippen LogP contribution in [0.4, 0.5) is 5.95 Å². The van der Waals surface area contributed by atoms with E-state index in [1.807, 2.05) is 12.3 Å². The summed E-state index contributed by atoms with van der Waals surface area (Å²) in [4.78, 5) is 35.7. The number of anilines is 1. The van der Waals surface area contributed by atoms with Crippen molar-refractivity contribution in [2.75, 3.05) is 38.3 Å². The first-order valence-corrected chi connectivity index (χ1v) is 10.3. The minimum Gasteiger partial charge on any atom is -0.465 e. The molecule has 1 aromatic heterocycles. The predicted octanol–water partition coefficient (Wildman–Crippen LogP) is 2.17. The summed E-state index contributed by atoms with van der Waals surface area (Å²) < 4.78 is 10.2. The van der Waals surface area contributed by atoms with E-state index in [1.165, 1.54) is 7.11 Å². The van der Waals surface area contributed by atoms with Crippen molar-refractivity contribution in [1.29, 1.82) is 0 Å². The molecule has 0 spiro atoms.